The first-order chi connectivity index (χ1) is 17.2. The molecule has 3 heterocycles. The molecule has 0 saturated carbocycles. The van der Waals surface area contributed by atoms with E-state index in [-0.39, 0.29) is 44.1 Å². The number of benzene rings is 1. The van der Waals surface area contributed by atoms with E-state index in [1.54, 1.807) is 4.68 Å². The molecule has 2 aliphatic heterocycles. The van der Waals surface area contributed by atoms with Crippen molar-refractivity contribution in [2.24, 2.45) is 0 Å². The van der Waals surface area contributed by atoms with E-state index in [4.69, 9.17) is 0 Å². The van der Waals surface area contributed by atoms with Gasteiger partial charge in [-0.05, 0) is 37.5 Å². The van der Waals surface area contributed by atoms with Crippen LogP contribution in [0.4, 0.5) is 10.1 Å². The number of anilines is 1. The van der Waals surface area contributed by atoms with Crippen LogP contribution in [0.25, 0.3) is 0 Å². The van der Waals surface area contributed by atoms with Gasteiger partial charge in [-0.15, -0.1) is 0 Å². The lowest BCUT2D eigenvalue weighted by molar-refractivity contribution is -0.132. The lowest BCUT2D eigenvalue weighted by Crippen LogP contribution is -2.50. The van der Waals surface area contributed by atoms with Crippen molar-refractivity contribution in [3.05, 3.63) is 46.3 Å². The lowest BCUT2D eigenvalue weighted by atomic mass is 10.1. The van der Waals surface area contributed by atoms with E-state index in [9.17, 15) is 24.2 Å². The average Bonchev–Trinajstić information content (AvgIpc) is 3.40. The van der Waals surface area contributed by atoms with Gasteiger partial charge in [-0.1, -0.05) is 12.1 Å². The van der Waals surface area contributed by atoms with Crippen LogP contribution in [-0.4, -0.2) is 99.3 Å². The van der Waals surface area contributed by atoms with E-state index in [1.807, 2.05) is 4.90 Å². The fraction of sp³-hybridized carbons (Fsp3) is 0.577. The average molecular weight is 500 g/mol. The van der Waals surface area contributed by atoms with E-state index in [0.29, 0.717) is 30.8 Å². The summed E-state index contributed by atoms with van der Waals surface area (Å²) in [5.41, 5.74) is 5.21. The predicted octanol–water partition coefficient (Wildman–Crippen LogP) is 0.853. The number of halogens is 1. The molecular weight excluding hydrogens is 465 g/mol. The molecular formula is C26H34FN5O4. The largest absolute Gasteiger partial charge is 0.392 e. The number of hydrogen-bond acceptors (Lipinski definition) is 6. The molecule has 1 aromatic heterocycles. The maximum Gasteiger partial charge on any atom is 0.274 e. The number of alkyl halides is 1. The molecule has 36 heavy (non-hydrogen) atoms. The van der Waals surface area contributed by atoms with E-state index < -0.39 is 24.3 Å². The summed E-state index contributed by atoms with van der Waals surface area (Å²) in [5, 5.41) is 24.4. The van der Waals surface area contributed by atoms with Crippen LogP contribution < -0.4 is 4.90 Å². The van der Waals surface area contributed by atoms with Crippen LogP contribution in [-0.2, 0) is 24.2 Å². The molecule has 194 valence electrons. The molecule has 2 fully saturated rings. The summed E-state index contributed by atoms with van der Waals surface area (Å²) in [4.78, 5) is 31.8. The third-order valence-corrected chi connectivity index (χ3v) is 7.87. The van der Waals surface area contributed by atoms with Crippen molar-refractivity contribution in [2.75, 3.05) is 44.2 Å². The zero-order chi connectivity index (χ0) is 25.6. The van der Waals surface area contributed by atoms with Crippen LogP contribution in [0, 0.1) is 13.8 Å². The number of carbonyl (C=O) groups excluding carboxylic acids is 2. The summed E-state index contributed by atoms with van der Waals surface area (Å²) in [6.07, 6.45) is -2.41. The lowest BCUT2D eigenvalue weighted by Gasteiger charge is -2.37. The Morgan fingerprint density at radius 1 is 1.06 bits per heavy atom. The number of aryl methyl sites for hydroxylation is 1. The monoisotopic (exact) mass is 499 g/mol. The Kier molecular flexibility index (Phi) is 6.74. The third-order valence-electron chi connectivity index (χ3n) is 7.87. The molecule has 1 aromatic carbocycles. The Bertz CT molecular complexity index is 1160. The topological polar surface area (TPSA) is 102 Å². The van der Waals surface area contributed by atoms with Crippen molar-refractivity contribution >= 4 is 17.5 Å². The van der Waals surface area contributed by atoms with Crippen LogP contribution >= 0.6 is 0 Å². The normalized spacial score (nSPS) is 24.2. The zero-order valence-corrected chi connectivity index (χ0v) is 20.9. The molecule has 3 atom stereocenters. The van der Waals surface area contributed by atoms with E-state index in [2.05, 4.69) is 42.0 Å². The van der Waals surface area contributed by atoms with Gasteiger partial charge in [0.25, 0.3) is 5.91 Å². The summed E-state index contributed by atoms with van der Waals surface area (Å²) in [5.74, 6) is -0.491. The van der Waals surface area contributed by atoms with Gasteiger partial charge in [-0.2, -0.15) is 5.10 Å². The third kappa shape index (κ3) is 4.59. The van der Waals surface area contributed by atoms with Gasteiger partial charge in [0.2, 0.25) is 5.91 Å². The molecule has 1 aliphatic carbocycles. The second-order valence-corrected chi connectivity index (χ2v) is 10.2. The molecule has 0 bridgehead atoms. The van der Waals surface area contributed by atoms with Crippen molar-refractivity contribution in [3.8, 4) is 0 Å². The number of aliphatic hydroxyl groups is 2. The second kappa shape index (κ2) is 9.82. The number of aliphatic hydroxyl groups excluding tert-OH is 2. The highest BCUT2D eigenvalue weighted by Gasteiger charge is 2.37. The summed E-state index contributed by atoms with van der Waals surface area (Å²) in [6, 6.07) is 6.27. The zero-order valence-electron chi connectivity index (χ0n) is 20.9. The minimum Gasteiger partial charge on any atom is -0.392 e. The van der Waals surface area contributed by atoms with Gasteiger partial charge >= 0.3 is 0 Å². The molecule has 10 heteroatoms. The van der Waals surface area contributed by atoms with Crippen molar-refractivity contribution in [1.29, 1.82) is 0 Å². The second-order valence-electron chi connectivity index (χ2n) is 10.2. The van der Waals surface area contributed by atoms with Gasteiger partial charge in [0.05, 0.1) is 18.8 Å². The number of carbonyl (C=O) groups is 2. The first-order valence-electron chi connectivity index (χ1n) is 12.7. The van der Waals surface area contributed by atoms with E-state index >= 15 is 0 Å². The quantitative estimate of drug-likeness (QED) is 0.647. The fourth-order valence-corrected chi connectivity index (χ4v) is 5.54. The van der Waals surface area contributed by atoms with Crippen molar-refractivity contribution in [3.63, 3.8) is 0 Å². The van der Waals surface area contributed by atoms with Crippen LogP contribution in [0.3, 0.4) is 0 Å². The SMILES string of the molecule is Cc1cccc(N2CCN(C(=O)Cn3nc(C(=O)N4CC[C@H](O)[C@@H](F)C4)c4c3CC(O)C4)CC2)c1C. The molecule has 3 aliphatic rings. The van der Waals surface area contributed by atoms with Crippen LogP contribution in [0.1, 0.15) is 39.3 Å². The summed E-state index contributed by atoms with van der Waals surface area (Å²) >= 11 is 0. The Morgan fingerprint density at radius 3 is 2.53 bits per heavy atom. The maximum absolute atomic E-state index is 14.0. The van der Waals surface area contributed by atoms with E-state index in [0.717, 1.165) is 13.1 Å². The molecule has 2 N–H and O–H groups in total. The number of amides is 2. The molecule has 2 amide bonds. The van der Waals surface area contributed by atoms with Crippen molar-refractivity contribution < 1.29 is 24.2 Å². The molecule has 0 spiro atoms. The standard InChI is InChI=1S/C26H34FN5O4/c1-16-4-3-5-21(17(16)2)29-8-10-30(11-9-29)24(35)15-32-22-13-18(33)12-19(22)25(28-32)26(36)31-7-6-23(34)20(27)14-31/h3-5,18,20,23,33-34H,6-15H2,1-2H3/t18?,20-,23-/m0/s1. The number of fused-ring (bicyclic) bond motifs is 1. The number of rotatable bonds is 4. The van der Waals surface area contributed by atoms with Gasteiger partial charge < -0.3 is 24.9 Å². The number of hydrogen-bond donors (Lipinski definition) is 2. The number of piperazine rings is 1. The van der Waals surface area contributed by atoms with Gasteiger partial charge in [0.15, 0.2) is 5.69 Å². The van der Waals surface area contributed by atoms with Crippen LogP contribution in [0.2, 0.25) is 0 Å². The predicted molar refractivity (Wildman–Crippen MR) is 132 cm³/mol. The van der Waals surface area contributed by atoms with Gasteiger partial charge in [0.1, 0.15) is 12.7 Å². The van der Waals surface area contributed by atoms with Crippen LogP contribution in [0.5, 0.6) is 0 Å². The Morgan fingerprint density at radius 2 is 1.81 bits per heavy atom. The Labute approximate surface area is 210 Å². The highest BCUT2D eigenvalue weighted by Crippen LogP contribution is 2.28. The molecule has 1 unspecified atom stereocenters. The van der Waals surface area contributed by atoms with Crippen molar-refractivity contribution in [2.45, 2.75) is 58.0 Å². The van der Waals surface area contributed by atoms with Crippen LogP contribution in [0.15, 0.2) is 18.2 Å². The van der Waals surface area contributed by atoms with Gasteiger partial charge in [0, 0.05) is 62.5 Å². The molecule has 5 rings (SSSR count). The minimum atomic E-state index is -1.49. The highest BCUT2D eigenvalue weighted by atomic mass is 19.1. The summed E-state index contributed by atoms with van der Waals surface area (Å²) in [7, 11) is 0. The van der Waals surface area contributed by atoms with E-state index in [1.165, 1.54) is 21.7 Å². The fourth-order valence-electron chi connectivity index (χ4n) is 5.54. The molecule has 9 nitrogen and oxygen atoms in total. The minimum absolute atomic E-state index is 0.00371. The number of likely N-dealkylation sites (tertiary alicyclic amines) is 1. The summed E-state index contributed by atoms with van der Waals surface area (Å²) in [6.45, 7) is 6.94. The molecule has 2 saturated heterocycles. The van der Waals surface area contributed by atoms with Gasteiger partial charge in [-0.3, -0.25) is 14.3 Å². The number of piperidine rings is 1. The maximum atomic E-state index is 14.0. The highest BCUT2D eigenvalue weighted by molar-refractivity contribution is 5.94. The number of aromatic nitrogens is 2. The van der Waals surface area contributed by atoms with Gasteiger partial charge in [-0.25, -0.2) is 4.39 Å². The Balaban J connectivity index is 1.27. The summed E-state index contributed by atoms with van der Waals surface area (Å²) < 4.78 is 15.6. The van der Waals surface area contributed by atoms with Crippen molar-refractivity contribution in [1.82, 2.24) is 19.6 Å². The molecule has 0 radical (unpaired) electrons. The Hall–Kier alpha value is -2.98. The first-order valence-corrected chi connectivity index (χ1v) is 12.7. The number of nitrogens with zero attached hydrogens (tertiary/aromatic N) is 5. The first kappa shape index (κ1) is 24.7. The smallest absolute Gasteiger partial charge is 0.274 e. The molecule has 2 aromatic rings.